The van der Waals surface area contributed by atoms with Crippen molar-refractivity contribution in [1.82, 2.24) is 10.6 Å². The molecule has 20 nitrogen and oxygen atoms in total. The first-order valence-electron chi connectivity index (χ1n) is 21.5. The van der Waals surface area contributed by atoms with Crippen molar-refractivity contribution in [3.63, 3.8) is 0 Å². The Balaban J connectivity index is -0.000000167. The van der Waals surface area contributed by atoms with E-state index in [-0.39, 0.29) is 17.7 Å². The zero-order valence-electron chi connectivity index (χ0n) is 41.6. The third kappa shape index (κ3) is 40.6. The summed E-state index contributed by atoms with van der Waals surface area (Å²) in [5, 5.41) is 13.4. The standard InChI is InChI=1S/C10H24N2O4Si.C9H19NO3Si.C7H18N2O4Si.C7H16O2Si.C5H12O2Si.H4Si/c1-4-14-17(15-5-2,16-6-3)9-7-8-12-10(11)13;1-4-11-14(12-5-2,13-6-3)9-7-8-10;1-4-5-14(11-2,12-3)13-6-9-7(8)10;1-5-8-10(4,7-3)9-6-2;1-5-8(4,6-2)7-3;/h4-9H2,1-3H3,(H3,11,12,13);4-7,9H2,1-3H3;4-6H2,1-3H3,(H3,8,9,10);7H,3,5-6H2,1-2,4H3;5H,1H2,2-4H3;1H4. The maximum absolute atomic E-state index is 10.5. The van der Waals surface area contributed by atoms with Crippen LogP contribution < -0.4 is 22.1 Å². The Morgan fingerprint density at radius 3 is 1.16 bits per heavy atom. The third-order valence-corrected chi connectivity index (χ3v) is 21.8. The summed E-state index contributed by atoms with van der Waals surface area (Å²) >= 11 is 0. The number of amides is 4. The van der Waals surface area contributed by atoms with Crippen molar-refractivity contribution in [3.05, 3.63) is 24.6 Å². The van der Waals surface area contributed by atoms with E-state index in [2.05, 4.69) is 29.9 Å². The van der Waals surface area contributed by atoms with Crippen molar-refractivity contribution in [3.8, 4) is 6.07 Å². The summed E-state index contributed by atoms with van der Waals surface area (Å²) in [7, 11) is -5.20. The molecule has 0 spiro atoms. The van der Waals surface area contributed by atoms with Crippen LogP contribution in [-0.2, 0) is 57.5 Å². The number of hydrogen-bond acceptors (Lipinski definition) is 16. The summed E-state index contributed by atoms with van der Waals surface area (Å²) in [5.41, 5.74) is 13.4. The normalized spacial score (nSPS) is 11.2. The van der Waals surface area contributed by atoms with Gasteiger partial charge in [-0.1, -0.05) is 13.3 Å². The minimum absolute atomic E-state index is 0. The SMILES string of the molecule is C=C[Si](C)(OC)OC.C=C[Si](C)(OCC)OCC.CCC[Si](OC)(OC)OCNC(N)=O.CCO[Si](CCC#N)(OCC)OCC.CCO[Si](CCCNC(N)=O)(OCC)OCC.[SiH4]. The van der Waals surface area contributed by atoms with E-state index in [1.54, 1.807) is 25.6 Å². The maximum atomic E-state index is 10.5. The highest BCUT2D eigenvalue weighted by molar-refractivity contribution is 6.71. The third-order valence-electron chi connectivity index (χ3n) is 7.82. The minimum Gasteiger partial charge on any atom is -0.395 e. The van der Waals surface area contributed by atoms with Gasteiger partial charge in [0.2, 0.25) is 0 Å². The second-order valence-electron chi connectivity index (χ2n) is 12.4. The number of hydrogen-bond donors (Lipinski definition) is 4. The number of primary amides is 2. The van der Waals surface area contributed by atoms with Gasteiger partial charge < -0.3 is 79.6 Å². The van der Waals surface area contributed by atoms with Gasteiger partial charge in [0.15, 0.2) is 0 Å². The Hall–Kier alpha value is -1.71. The van der Waals surface area contributed by atoms with Crippen molar-refractivity contribution >= 4 is 66.6 Å². The summed E-state index contributed by atoms with van der Waals surface area (Å²) in [6.07, 6.45) is 2.05. The number of carbonyl (C=O) groups is 2. The lowest BCUT2D eigenvalue weighted by Crippen LogP contribution is -2.47. The first-order chi connectivity index (χ1) is 29.8. The number of rotatable bonds is 33. The summed E-state index contributed by atoms with van der Waals surface area (Å²) in [6, 6.07) is 2.93. The van der Waals surface area contributed by atoms with Gasteiger partial charge in [0.1, 0.15) is 6.73 Å². The largest absolute Gasteiger partial charge is 0.501 e. The van der Waals surface area contributed by atoms with Crippen molar-refractivity contribution in [2.24, 2.45) is 11.5 Å². The van der Waals surface area contributed by atoms with Crippen molar-refractivity contribution in [2.75, 3.05) is 94.6 Å². The van der Waals surface area contributed by atoms with E-state index in [1.165, 1.54) is 14.2 Å². The zero-order chi connectivity index (χ0) is 49.7. The predicted molar refractivity (Wildman–Crippen MR) is 269 cm³/mol. The van der Waals surface area contributed by atoms with Crippen LogP contribution in [0.25, 0.3) is 0 Å². The van der Waals surface area contributed by atoms with E-state index in [1.807, 2.05) is 75.4 Å². The van der Waals surface area contributed by atoms with Gasteiger partial charge >= 0.3 is 55.6 Å². The molecule has 0 unspecified atom stereocenters. The molecule has 0 rings (SSSR count). The molecule has 384 valence electrons. The molecule has 0 aromatic heterocycles. The molecular formula is C38H93N5O15Si6. The second kappa shape index (κ2) is 47.8. The minimum atomic E-state index is -2.58. The van der Waals surface area contributed by atoms with Crippen molar-refractivity contribution in [2.45, 2.75) is 113 Å². The molecule has 0 bridgehead atoms. The molecule has 0 aliphatic rings. The van der Waals surface area contributed by atoms with Crippen LogP contribution >= 0.6 is 0 Å². The van der Waals surface area contributed by atoms with E-state index < -0.39 is 55.6 Å². The molecule has 4 amide bonds. The molecule has 6 N–H and O–H groups in total. The highest BCUT2D eigenvalue weighted by Crippen LogP contribution is 2.19. The molecule has 0 atom stereocenters. The Morgan fingerprint density at radius 2 is 0.906 bits per heavy atom. The zero-order valence-corrected chi connectivity index (χ0v) is 46.6. The quantitative estimate of drug-likeness (QED) is 0.0392. The molecule has 26 heteroatoms. The molecule has 0 aromatic rings. The van der Waals surface area contributed by atoms with Crippen LogP contribution in [0.1, 0.15) is 81.6 Å². The smallest absolute Gasteiger partial charge is 0.395 e. The first kappa shape index (κ1) is 73.8. The highest BCUT2D eigenvalue weighted by atomic mass is 28.4. The van der Waals surface area contributed by atoms with Crippen LogP contribution in [-0.4, -0.2) is 161 Å². The summed E-state index contributed by atoms with van der Waals surface area (Å²) in [6.45, 7) is 33.9. The van der Waals surface area contributed by atoms with Crippen molar-refractivity contribution in [1.29, 1.82) is 5.26 Å². The van der Waals surface area contributed by atoms with Gasteiger partial charge in [0.25, 0.3) is 0 Å². The van der Waals surface area contributed by atoms with E-state index in [0.29, 0.717) is 84.0 Å². The lowest BCUT2D eigenvalue weighted by Gasteiger charge is -2.28. The van der Waals surface area contributed by atoms with Gasteiger partial charge in [0.05, 0.1) is 6.07 Å². The average molecular weight is 1030 g/mol. The molecule has 0 heterocycles. The van der Waals surface area contributed by atoms with Gasteiger partial charge in [-0.2, -0.15) is 5.26 Å². The Labute approximate surface area is 397 Å². The fraction of sp³-hybridized carbons (Fsp3) is 0.816. The van der Waals surface area contributed by atoms with E-state index in [4.69, 9.17) is 74.3 Å². The highest BCUT2D eigenvalue weighted by Gasteiger charge is 2.41. The van der Waals surface area contributed by atoms with E-state index >= 15 is 0 Å². The number of urea groups is 2. The fourth-order valence-electron chi connectivity index (χ4n) is 4.71. The van der Waals surface area contributed by atoms with Gasteiger partial charge in [-0.25, -0.2) is 9.59 Å². The fourth-order valence-corrected chi connectivity index (χ4v) is 13.6. The van der Waals surface area contributed by atoms with Crippen molar-refractivity contribution < 1.29 is 67.1 Å². The van der Waals surface area contributed by atoms with Gasteiger partial charge in [-0.05, 0) is 97.3 Å². The molecular weight excluding hydrogens is 935 g/mol. The number of nitriles is 1. The van der Waals surface area contributed by atoms with Crippen LogP contribution in [0.4, 0.5) is 9.59 Å². The molecule has 0 aliphatic carbocycles. The predicted octanol–water partition coefficient (Wildman–Crippen LogP) is 4.79. The molecule has 0 aliphatic heterocycles. The Bertz CT molecular complexity index is 1110. The summed E-state index contributed by atoms with van der Waals surface area (Å²) in [5.74, 6) is 0. The van der Waals surface area contributed by atoms with Crippen LogP contribution in [0.3, 0.4) is 0 Å². The molecule has 0 radical (unpaired) electrons. The first-order valence-corrected chi connectivity index (χ1v) is 32.1. The van der Waals surface area contributed by atoms with Crippen LogP contribution in [0.15, 0.2) is 24.6 Å². The van der Waals surface area contributed by atoms with Gasteiger partial charge in [-0.15, -0.1) is 13.2 Å². The number of carbonyl (C=O) groups excluding carboxylic acids is 2. The number of nitrogens with one attached hydrogen (secondary N) is 2. The molecule has 0 fully saturated rings. The molecule has 0 saturated carbocycles. The summed E-state index contributed by atoms with van der Waals surface area (Å²) in [4.78, 5) is 20.9. The average Bonchev–Trinajstić information content (AvgIpc) is 3.25. The van der Waals surface area contributed by atoms with E-state index in [0.717, 1.165) is 12.8 Å². The molecule has 64 heavy (non-hydrogen) atoms. The van der Waals surface area contributed by atoms with E-state index in [9.17, 15) is 9.59 Å². The summed E-state index contributed by atoms with van der Waals surface area (Å²) < 4.78 is 70.4. The lowest BCUT2D eigenvalue weighted by molar-refractivity contribution is 0.0704. The van der Waals surface area contributed by atoms with Crippen LogP contribution in [0.2, 0.25) is 31.2 Å². The van der Waals surface area contributed by atoms with Crippen LogP contribution in [0.5, 0.6) is 0 Å². The Kier molecular flexibility index (Phi) is 55.1. The topological polar surface area (TPSA) is 254 Å². The molecule has 0 aromatic carbocycles. The van der Waals surface area contributed by atoms with Gasteiger partial charge in [0, 0.05) is 112 Å². The number of nitrogens with zero attached hydrogens (tertiary/aromatic N) is 1. The van der Waals surface area contributed by atoms with Gasteiger partial charge in [-0.3, -0.25) is 0 Å². The lowest BCUT2D eigenvalue weighted by atomic mass is 10.5. The maximum Gasteiger partial charge on any atom is 0.501 e. The second-order valence-corrected chi connectivity index (χ2v) is 27.1. The monoisotopic (exact) mass is 1030 g/mol. The number of nitrogens with two attached hydrogens (primary N) is 2. The Morgan fingerprint density at radius 1 is 0.547 bits per heavy atom. The molecule has 0 saturated heterocycles. The van der Waals surface area contributed by atoms with Crippen LogP contribution in [0, 0.1) is 11.3 Å².